The van der Waals surface area contributed by atoms with Gasteiger partial charge >= 0.3 is 0 Å². The van der Waals surface area contributed by atoms with E-state index in [2.05, 4.69) is 35.5 Å². The lowest BCUT2D eigenvalue weighted by Gasteiger charge is -2.18. The molecule has 2 aromatic carbocycles. The third kappa shape index (κ3) is 3.51. The highest BCUT2D eigenvalue weighted by Gasteiger charge is 2.18. The lowest BCUT2D eigenvalue weighted by atomic mass is 9.94. The van der Waals surface area contributed by atoms with Gasteiger partial charge in [-0.1, -0.05) is 30.3 Å². The highest BCUT2D eigenvalue weighted by atomic mass is 32.2. The van der Waals surface area contributed by atoms with Crippen molar-refractivity contribution in [3.05, 3.63) is 72.4 Å². The van der Waals surface area contributed by atoms with E-state index in [-0.39, 0.29) is 0 Å². The first-order chi connectivity index (χ1) is 13.0. The number of aromatic nitrogens is 1. The number of rotatable bonds is 4. The number of nitrogens with zero attached hydrogens (tertiary/aromatic N) is 1. The maximum atomic E-state index is 10.3. The molecule has 1 N–H and O–H groups in total. The zero-order valence-corrected chi connectivity index (χ0v) is 16.4. The van der Waals surface area contributed by atoms with Gasteiger partial charge in [0.25, 0.3) is 0 Å². The lowest BCUT2D eigenvalue weighted by Crippen LogP contribution is -2.15. The second-order valence-electron chi connectivity index (χ2n) is 7.05. The number of furan rings is 1. The standard InChI is InChI=1S/C23H21NO2S/c1-23(2,25)17-6-4-5-16(13-17)19-11-12-24-20-14-21(26-22(19)20)15-7-9-18(27-3)10-8-15/h4-14,25H,1-3H3. The van der Waals surface area contributed by atoms with E-state index in [1.807, 2.05) is 36.4 Å². The van der Waals surface area contributed by atoms with E-state index in [4.69, 9.17) is 4.42 Å². The summed E-state index contributed by atoms with van der Waals surface area (Å²) in [7, 11) is 0. The van der Waals surface area contributed by atoms with Crippen molar-refractivity contribution < 1.29 is 9.52 Å². The molecular formula is C23H21NO2S. The van der Waals surface area contributed by atoms with Crippen LogP contribution in [-0.2, 0) is 5.60 Å². The molecule has 0 aliphatic rings. The molecule has 0 spiro atoms. The molecule has 0 amide bonds. The van der Waals surface area contributed by atoms with Gasteiger partial charge in [-0.2, -0.15) is 0 Å². The van der Waals surface area contributed by atoms with Crippen LogP contribution in [0.5, 0.6) is 0 Å². The van der Waals surface area contributed by atoms with E-state index >= 15 is 0 Å². The summed E-state index contributed by atoms with van der Waals surface area (Å²) >= 11 is 1.72. The predicted octanol–water partition coefficient (Wildman–Crippen LogP) is 6.11. The fraction of sp³-hybridized carbons (Fsp3) is 0.174. The zero-order chi connectivity index (χ0) is 19.0. The summed E-state index contributed by atoms with van der Waals surface area (Å²) in [6, 6.07) is 20.2. The molecule has 0 fully saturated rings. The normalized spacial score (nSPS) is 11.9. The summed E-state index contributed by atoms with van der Waals surface area (Å²) in [4.78, 5) is 5.69. The number of aliphatic hydroxyl groups is 1. The van der Waals surface area contributed by atoms with Crippen LogP contribution in [0.2, 0.25) is 0 Å². The first kappa shape index (κ1) is 17.8. The molecule has 0 aliphatic heterocycles. The molecule has 0 unspecified atom stereocenters. The van der Waals surface area contributed by atoms with E-state index in [9.17, 15) is 5.11 Å². The van der Waals surface area contributed by atoms with Crippen molar-refractivity contribution >= 4 is 22.9 Å². The average Bonchev–Trinajstić information content (AvgIpc) is 3.12. The molecule has 0 saturated carbocycles. The number of hydrogen-bond acceptors (Lipinski definition) is 4. The Morgan fingerprint density at radius 1 is 0.963 bits per heavy atom. The molecule has 0 bridgehead atoms. The minimum atomic E-state index is -0.893. The summed E-state index contributed by atoms with van der Waals surface area (Å²) in [6.45, 7) is 3.58. The van der Waals surface area contributed by atoms with Crippen molar-refractivity contribution in [2.75, 3.05) is 6.26 Å². The van der Waals surface area contributed by atoms with Crippen LogP contribution in [0.25, 0.3) is 33.6 Å². The van der Waals surface area contributed by atoms with Gasteiger partial charge in [0.05, 0.1) is 5.60 Å². The van der Waals surface area contributed by atoms with Gasteiger partial charge in [0.15, 0.2) is 5.58 Å². The minimum absolute atomic E-state index is 0.759. The maximum Gasteiger partial charge on any atom is 0.161 e. The van der Waals surface area contributed by atoms with Crippen LogP contribution in [0.4, 0.5) is 0 Å². The van der Waals surface area contributed by atoms with E-state index in [1.165, 1.54) is 4.90 Å². The molecule has 0 aliphatic carbocycles. The number of pyridine rings is 1. The quantitative estimate of drug-likeness (QED) is 0.437. The largest absolute Gasteiger partial charge is 0.454 e. The van der Waals surface area contributed by atoms with Gasteiger partial charge in [0.2, 0.25) is 0 Å². The van der Waals surface area contributed by atoms with Gasteiger partial charge in [-0.25, -0.2) is 0 Å². The van der Waals surface area contributed by atoms with Crippen LogP contribution in [0.3, 0.4) is 0 Å². The Morgan fingerprint density at radius 3 is 2.44 bits per heavy atom. The molecule has 4 rings (SSSR count). The summed E-state index contributed by atoms with van der Waals surface area (Å²) in [5, 5.41) is 10.3. The Hall–Kier alpha value is -2.56. The summed E-state index contributed by atoms with van der Waals surface area (Å²) in [5.41, 5.74) is 4.56. The van der Waals surface area contributed by atoms with Gasteiger partial charge in [0, 0.05) is 28.3 Å². The van der Waals surface area contributed by atoms with Crippen molar-refractivity contribution in [2.24, 2.45) is 0 Å². The van der Waals surface area contributed by atoms with Gasteiger partial charge < -0.3 is 9.52 Å². The van der Waals surface area contributed by atoms with Crippen LogP contribution < -0.4 is 0 Å². The van der Waals surface area contributed by atoms with Crippen molar-refractivity contribution in [1.82, 2.24) is 4.98 Å². The van der Waals surface area contributed by atoms with E-state index < -0.39 is 5.60 Å². The Labute approximate surface area is 163 Å². The number of thioether (sulfide) groups is 1. The van der Waals surface area contributed by atoms with Gasteiger partial charge in [-0.3, -0.25) is 4.98 Å². The third-order valence-electron chi connectivity index (χ3n) is 4.67. The van der Waals surface area contributed by atoms with Crippen LogP contribution in [0.15, 0.2) is 76.2 Å². The molecule has 0 atom stereocenters. The number of hydrogen-bond donors (Lipinski definition) is 1. The Balaban J connectivity index is 1.82. The summed E-state index contributed by atoms with van der Waals surface area (Å²) in [5.74, 6) is 0.802. The fourth-order valence-electron chi connectivity index (χ4n) is 3.13. The monoisotopic (exact) mass is 375 g/mol. The lowest BCUT2D eigenvalue weighted by molar-refractivity contribution is 0.0786. The van der Waals surface area contributed by atoms with Gasteiger partial charge in [-0.15, -0.1) is 11.8 Å². The molecule has 0 saturated heterocycles. The third-order valence-corrected chi connectivity index (χ3v) is 5.41. The predicted molar refractivity (Wildman–Crippen MR) is 112 cm³/mol. The molecule has 4 heteroatoms. The number of fused-ring (bicyclic) bond motifs is 1. The van der Waals surface area contributed by atoms with E-state index in [0.717, 1.165) is 39.1 Å². The molecule has 27 heavy (non-hydrogen) atoms. The Kier molecular flexibility index (Phi) is 4.54. The molecular weight excluding hydrogens is 354 g/mol. The molecule has 2 heterocycles. The topological polar surface area (TPSA) is 46.3 Å². The molecule has 2 aromatic heterocycles. The second-order valence-corrected chi connectivity index (χ2v) is 7.93. The smallest absolute Gasteiger partial charge is 0.161 e. The molecule has 136 valence electrons. The number of benzene rings is 2. The average molecular weight is 375 g/mol. The Morgan fingerprint density at radius 2 is 1.74 bits per heavy atom. The van der Waals surface area contributed by atoms with Crippen LogP contribution in [0.1, 0.15) is 19.4 Å². The van der Waals surface area contributed by atoms with Crippen molar-refractivity contribution in [2.45, 2.75) is 24.3 Å². The second kappa shape index (κ2) is 6.87. The zero-order valence-electron chi connectivity index (χ0n) is 15.6. The first-order valence-corrected chi connectivity index (χ1v) is 10.0. The van der Waals surface area contributed by atoms with Crippen LogP contribution >= 0.6 is 11.8 Å². The van der Waals surface area contributed by atoms with Gasteiger partial charge in [0.1, 0.15) is 11.3 Å². The highest BCUT2D eigenvalue weighted by molar-refractivity contribution is 7.98. The molecule has 3 nitrogen and oxygen atoms in total. The fourth-order valence-corrected chi connectivity index (χ4v) is 3.54. The first-order valence-electron chi connectivity index (χ1n) is 8.82. The van der Waals surface area contributed by atoms with Crippen molar-refractivity contribution in [3.8, 4) is 22.5 Å². The highest BCUT2D eigenvalue weighted by Crippen LogP contribution is 2.35. The van der Waals surface area contributed by atoms with E-state index in [0.29, 0.717) is 0 Å². The SMILES string of the molecule is CSc1ccc(-c2cc3nccc(-c4cccc(C(C)(C)O)c4)c3o2)cc1. The minimum Gasteiger partial charge on any atom is -0.454 e. The van der Waals surface area contributed by atoms with Crippen molar-refractivity contribution in [3.63, 3.8) is 0 Å². The molecule has 0 radical (unpaired) electrons. The van der Waals surface area contributed by atoms with E-state index in [1.54, 1.807) is 31.8 Å². The van der Waals surface area contributed by atoms with Crippen molar-refractivity contribution in [1.29, 1.82) is 0 Å². The van der Waals surface area contributed by atoms with Gasteiger partial charge in [-0.05, 0) is 55.5 Å². The van der Waals surface area contributed by atoms with Crippen LogP contribution in [0, 0.1) is 0 Å². The Bertz CT molecular complexity index is 1090. The molecule has 4 aromatic rings. The maximum absolute atomic E-state index is 10.3. The summed E-state index contributed by atoms with van der Waals surface area (Å²) in [6.07, 6.45) is 3.86. The summed E-state index contributed by atoms with van der Waals surface area (Å²) < 4.78 is 6.21. The van der Waals surface area contributed by atoms with Crippen LogP contribution in [-0.4, -0.2) is 16.3 Å².